The number of aliphatic imine (C=N–C) groups is 1. The number of nitrogens with zero attached hydrogens (tertiary/aromatic N) is 4. The predicted molar refractivity (Wildman–Crippen MR) is 118 cm³/mol. The first-order valence-electron chi connectivity index (χ1n) is 10.5. The van der Waals surface area contributed by atoms with Gasteiger partial charge in [-0.25, -0.2) is 9.37 Å². The van der Waals surface area contributed by atoms with Gasteiger partial charge in [-0.15, -0.1) is 0 Å². The fraction of sp³-hybridized carbons (Fsp3) is 0.455. The standard InChI is InChI=1S/C22H29FN6O/c1-24-22(27-18-8-10-29(16-18)21-20(23)3-2-9-25-21)26-15-17-4-6-19(7-5-17)28-11-13-30-14-12-28/h2-7,9,18H,8,10-16H2,1H3,(H2,24,26,27). The highest BCUT2D eigenvalue weighted by molar-refractivity contribution is 5.80. The molecule has 3 heterocycles. The molecule has 2 saturated heterocycles. The highest BCUT2D eigenvalue weighted by atomic mass is 19.1. The van der Waals surface area contributed by atoms with Crippen LogP contribution in [0.1, 0.15) is 12.0 Å². The lowest BCUT2D eigenvalue weighted by Gasteiger charge is -2.29. The molecule has 1 atom stereocenters. The Bertz CT molecular complexity index is 853. The van der Waals surface area contributed by atoms with E-state index in [0.29, 0.717) is 18.9 Å². The Morgan fingerprint density at radius 2 is 1.97 bits per heavy atom. The molecule has 2 aliphatic heterocycles. The summed E-state index contributed by atoms with van der Waals surface area (Å²) in [5.41, 5.74) is 2.43. The highest BCUT2D eigenvalue weighted by Gasteiger charge is 2.25. The lowest BCUT2D eigenvalue weighted by molar-refractivity contribution is 0.122. The van der Waals surface area contributed by atoms with Crippen molar-refractivity contribution in [2.24, 2.45) is 4.99 Å². The Labute approximate surface area is 177 Å². The molecule has 1 aromatic heterocycles. The van der Waals surface area contributed by atoms with Crippen molar-refractivity contribution in [2.45, 2.75) is 19.0 Å². The number of ether oxygens (including phenoxy) is 1. The lowest BCUT2D eigenvalue weighted by atomic mass is 10.2. The first-order valence-corrected chi connectivity index (χ1v) is 10.5. The summed E-state index contributed by atoms with van der Waals surface area (Å²) in [6.45, 7) is 5.61. The van der Waals surface area contributed by atoms with Gasteiger partial charge < -0.3 is 25.2 Å². The first-order chi connectivity index (χ1) is 14.7. The van der Waals surface area contributed by atoms with Gasteiger partial charge in [0.2, 0.25) is 0 Å². The van der Waals surface area contributed by atoms with Crippen LogP contribution in [0.3, 0.4) is 0 Å². The van der Waals surface area contributed by atoms with Gasteiger partial charge in [0.15, 0.2) is 17.6 Å². The van der Waals surface area contributed by atoms with Gasteiger partial charge in [-0.3, -0.25) is 4.99 Å². The molecule has 1 aromatic carbocycles. The summed E-state index contributed by atoms with van der Waals surface area (Å²) in [6, 6.07) is 11.9. The Kier molecular flexibility index (Phi) is 6.63. The maximum Gasteiger partial charge on any atom is 0.191 e. The number of morpholine rings is 1. The van der Waals surface area contributed by atoms with E-state index >= 15 is 0 Å². The van der Waals surface area contributed by atoms with Crippen molar-refractivity contribution in [2.75, 3.05) is 56.2 Å². The van der Waals surface area contributed by atoms with Gasteiger partial charge in [0.25, 0.3) is 0 Å². The van der Waals surface area contributed by atoms with E-state index in [2.05, 4.69) is 49.8 Å². The number of pyridine rings is 1. The molecule has 2 aliphatic rings. The number of benzene rings is 1. The largest absolute Gasteiger partial charge is 0.378 e. The first kappa shape index (κ1) is 20.4. The minimum atomic E-state index is -0.277. The van der Waals surface area contributed by atoms with Gasteiger partial charge in [-0.2, -0.15) is 0 Å². The lowest BCUT2D eigenvalue weighted by Crippen LogP contribution is -2.44. The molecule has 7 nitrogen and oxygen atoms in total. The van der Waals surface area contributed by atoms with E-state index in [4.69, 9.17) is 4.74 Å². The molecule has 4 rings (SSSR count). The van der Waals surface area contributed by atoms with E-state index in [0.717, 1.165) is 45.2 Å². The van der Waals surface area contributed by atoms with Crippen LogP contribution >= 0.6 is 0 Å². The van der Waals surface area contributed by atoms with Crippen LogP contribution in [0.15, 0.2) is 47.6 Å². The summed E-state index contributed by atoms with van der Waals surface area (Å²) in [5, 5.41) is 6.82. The molecule has 0 radical (unpaired) electrons. The normalized spacial score (nSPS) is 19.8. The topological polar surface area (TPSA) is 65.0 Å². The van der Waals surface area contributed by atoms with Gasteiger partial charge in [0.05, 0.1) is 13.2 Å². The molecule has 30 heavy (non-hydrogen) atoms. The SMILES string of the molecule is CN=C(NCc1ccc(N2CCOCC2)cc1)NC1CCN(c2ncccc2F)C1. The maximum absolute atomic E-state index is 14.0. The summed E-state index contributed by atoms with van der Waals surface area (Å²) in [4.78, 5) is 12.8. The number of rotatable bonds is 5. The Balaban J connectivity index is 1.27. The third-order valence-electron chi connectivity index (χ3n) is 5.56. The second-order valence-electron chi connectivity index (χ2n) is 7.58. The zero-order valence-electron chi connectivity index (χ0n) is 17.4. The van der Waals surface area contributed by atoms with Gasteiger partial charge in [-0.1, -0.05) is 12.1 Å². The second-order valence-corrected chi connectivity index (χ2v) is 7.58. The Hall–Kier alpha value is -2.87. The van der Waals surface area contributed by atoms with Gasteiger partial charge in [0, 0.05) is 57.7 Å². The Morgan fingerprint density at radius 1 is 1.17 bits per heavy atom. The van der Waals surface area contributed by atoms with Crippen LogP contribution in [0.25, 0.3) is 0 Å². The van der Waals surface area contributed by atoms with E-state index in [1.54, 1.807) is 19.3 Å². The molecule has 0 amide bonds. The van der Waals surface area contributed by atoms with Gasteiger partial charge >= 0.3 is 0 Å². The number of aromatic nitrogens is 1. The number of halogens is 1. The van der Waals surface area contributed by atoms with Crippen LogP contribution in [-0.2, 0) is 11.3 Å². The molecular weight excluding hydrogens is 383 g/mol. The number of anilines is 2. The summed E-state index contributed by atoms with van der Waals surface area (Å²) in [6.07, 6.45) is 2.54. The highest BCUT2D eigenvalue weighted by Crippen LogP contribution is 2.21. The van der Waals surface area contributed by atoms with Crippen LogP contribution in [-0.4, -0.2) is 63.4 Å². The quantitative estimate of drug-likeness (QED) is 0.579. The Morgan fingerprint density at radius 3 is 2.70 bits per heavy atom. The zero-order valence-corrected chi connectivity index (χ0v) is 17.4. The van der Waals surface area contributed by atoms with Crippen molar-refractivity contribution >= 4 is 17.5 Å². The molecular formula is C22H29FN6O. The molecule has 0 saturated carbocycles. The van der Waals surface area contributed by atoms with Gasteiger partial charge in [-0.05, 0) is 36.2 Å². The second kappa shape index (κ2) is 9.75. The third-order valence-corrected chi connectivity index (χ3v) is 5.56. The van der Waals surface area contributed by atoms with E-state index in [-0.39, 0.29) is 11.9 Å². The van der Waals surface area contributed by atoms with Crippen molar-refractivity contribution in [3.05, 3.63) is 54.0 Å². The summed E-state index contributed by atoms with van der Waals surface area (Å²) < 4.78 is 19.4. The van der Waals surface area contributed by atoms with Crippen molar-refractivity contribution in [3.63, 3.8) is 0 Å². The number of guanidine groups is 1. The number of hydrogen-bond donors (Lipinski definition) is 2. The van der Waals surface area contributed by atoms with Crippen LogP contribution in [0.2, 0.25) is 0 Å². The molecule has 0 spiro atoms. The number of hydrogen-bond acceptors (Lipinski definition) is 5. The monoisotopic (exact) mass is 412 g/mol. The molecule has 0 bridgehead atoms. The van der Waals surface area contributed by atoms with Crippen LogP contribution < -0.4 is 20.4 Å². The van der Waals surface area contributed by atoms with E-state index in [9.17, 15) is 4.39 Å². The smallest absolute Gasteiger partial charge is 0.191 e. The minimum absolute atomic E-state index is 0.196. The zero-order chi connectivity index (χ0) is 20.8. The predicted octanol–water partition coefficient (Wildman–Crippen LogP) is 2.00. The number of nitrogens with one attached hydrogen (secondary N) is 2. The average molecular weight is 413 g/mol. The fourth-order valence-electron chi connectivity index (χ4n) is 3.90. The van der Waals surface area contributed by atoms with E-state index in [1.165, 1.54) is 17.3 Å². The molecule has 0 aliphatic carbocycles. The molecule has 1 unspecified atom stereocenters. The summed E-state index contributed by atoms with van der Waals surface area (Å²) >= 11 is 0. The van der Waals surface area contributed by atoms with E-state index in [1.807, 2.05) is 4.90 Å². The third kappa shape index (κ3) is 4.99. The maximum atomic E-state index is 14.0. The molecule has 2 aromatic rings. The van der Waals surface area contributed by atoms with Crippen LogP contribution in [0, 0.1) is 5.82 Å². The van der Waals surface area contributed by atoms with Gasteiger partial charge in [0.1, 0.15) is 0 Å². The summed E-state index contributed by atoms with van der Waals surface area (Å²) in [7, 11) is 1.77. The molecule has 8 heteroatoms. The summed E-state index contributed by atoms with van der Waals surface area (Å²) in [5.74, 6) is 0.895. The fourth-order valence-corrected chi connectivity index (χ4v) is 3.90. The molecule has 2 fully saturated rings. The van der Waals surface area contributed by atoms with Crippen LogP contribution in [0.4, 0.5) is 15.9 Å². The van der Waals surface area contributed by atoms with Crippen molar-refractivity contribution < 1.29 is 9.13 Å². The molecule has 2 N–H and O–H groups in total. The van der Waals surface area contributed by atoms with Crippen molar-refractivity contribution in [3.8, 4) is 0 Å². The van der Waals surface area contributed by atoms with Crippen molar-refractivity contribution in [1.29, 1.82) is 0 Å². The minimum Gasteiger partial charge on any atom is -0.378 e. The average Bonchev–Trinajstić information content (AvgIpc) is 3.26. The molecule has 160 valence electrons. The van der Waals surface area contributed by atoms with Crippen molar-refractivity contribution in [1.82, 2.24) is 15.6 Å². The van der Waals surface area contributed by atoms with Crippen LogP contribution in [0.5, 0.6) is 0 Å². The van der Waals surface area contributed by atoms with E-state index < -0.39 is 0 Å².